The standard InChI is InChI=1S/C21H23ClN4O3S/c1-4-28-17-8-14(7-15(22)20(17)29-12(2)3)11-24-26-19(27)10-13-5-6-16-18(9-13)30-21(23)25-16/h5-9,11-12H,4,10H2,1-3H3,(H2,23,25)(H,26,27)/b24-11-. The number of nitrogen functional groups attached to an aromatic ring is 1. The Morgan fingerprint density at radius 1 is 1.37 bits per heavy atom. The number of halogens is 1. The maximum atomic E-state index is 12.2. The summed E-state index contributed by atoms with van der Waals surface area (Å²) < 4.78 is 12.3. The minimum Gasteiger partial charge on any atom is -0.490 e. The van der Waals surface area contributed by atoms with Gasteiger partial charge in [0.15, 0.2) is 16.6 Å². The second kappa shape index (κ2) is 9.77. The lowest BCUT2D eigenvalue weighted by atomic mass is 10.1. The lowest BCUT2D eigenvalue weighted by Crippen LogP contribution is -2.19. The van der Waals surface area contributed by atoms with Gasteiger partial charge < -0.3 is 15.2 Å². The van der Waals surface area contributed by atoms with Crippen molar-refractivity contribution in [2.24, 2.45) is 5.10 Å². The van der Waals surface area contributed by atoms with Gasteiger partial charge in [0.1, 0.15) is 0 Å². The molecule has 0 fully saturated rings. The summed E-state index contributed by atoms with van der Waals surface area (Å²) in [4.78, 5) is 16.4. The highest BCUT2D eigenvalue weighted by molar-refractivity contribution is 7.22. The van der Waals surface area contributed by atoms with Gasteiger partial charge in [0.05, 0.1) is 40.6 Å². The molecule has 9 heteroatoms. The van der Waals surface area contributed by atoms with E-state index in [2.05, 4.69) is 15.5 Å². The van der Waals surface area contributed by atoms with Gasteiger partial charge in [0.2, 0.25) is 5.91 Å². The molecule has 0 radical (unpaired) electrons. The molecule has 3 aromatic rings. The molecule has 2 aromatic carbocycles. The number of anilines is 1. The van der Waals surface area contributed by atoms with E-state index in [9.17, 15) is 4.79 Å². The number of carbonyl (C=O) groups excluding carboxylic acids is 1. The summed E-state index contributed by atoms with van der Waals surface area (Å²) in [5.74, 6) is 0.788. The summed E-state index contributed by atoms with van der Waals surface area (Å²) >= 11 is 7.74. The fourth-order valence-corrected chi connectivity index (χ4v) is 3.84. The molecule has 7 nitrogen and oxygen atoms in total. The van der Waals surface area contributed by atoms with E-state index in [1.165, 1.54) is 17.6 Å². The zero-order chi connectivity index (χ0) is 21.7. The number of nitrogens with two attached hydrogens (primary N) is 1. The highest BCUT2D eigenvalue weighted by atomic mass is 35.5. The number of benzene rings is 2. The number of amides is 1. The third-order valence-corrected chi connectivity index (χ3v) is 5.05. The number of hydrogen-bond acceptors (Lipinski definition) is 7. The van der Waals surface area contributed by atoms with E-state index in [1.54, 1.807) is 12.1 Å². The van der Waals surface area contributed by atoms with Crippen molar-refractivity contribution in [3.63, 3.8) is 0 Å². The minimum atomic E-state index is -0.237. The number of thiazole rings is 1. The molecule has 0 saturated carbocycles. The highest BCUT2D eigenvalue weighted by Crippen LogP contribution is 2.37. The highest BCUT2D eigenvalue weighted by Gasteiger charge is 2.13. The number of nitrogens with zero attached hydrogens (tertiary/aromatic N) is 2. The maximum Gasteiger partial charge on any atom is 0.244 e. The topological polar surface area (TPSA) is 98.8 Å². The van der Waals surface area contributed by atoms with Gasteiger partial charge in [-0.15, -0.1) is 0 Å². The van der Waals surface area contributed by atoms with Gasteiger partial charge in [0, 0.05) is 0 Å². The first-order chi connectivity index (χ1) is 14.4. The van der Waals surface area contributed by atoms with E-state index in [1.807, 2.05) is 39.0 Å². The van der Waals surface area contributed by atoms with Gasteiger partial charge >= 0.3 is 0 Å². The molecule has 1 amide bonds. The van der Waals surface area contributed by atoms with Crippen LogP contribution in [0.5, 0.6) is 11.5 Å². The summed E-state index contributed by atoms with van der Waals surface area (Å²) in [6.07, 6.45) is 1.66. The van der Waals surface area contributed by atoms with Crippen molar-refractivity contribution < 1.29 is 14.3 Å². The summed E-state index contributed by atoms with van der Waals surface area (Å²) in [6.45, 7) is 6.18. The zero-order valence-electron chi connectivity index (χ0n) is 16.9. The molecule has 0 aliphatic heterocycles. The van der Waals surface area contributed by atoms with Crippen molar-refractivity contribution in [2.75, 3.05) is 12.3 Å². The molecule has 158 valence electrons. The van der Waals surface area contributed by atoms with Crippen molar-refractivity contribution in [3.8, 4) is 11.5 Å². The Hall–Kier alpha value is -2.84. The zero-order valence-corrected chi connectivity index (χ0v) is 18.5. The lowest BCUT2D eigenvalue weighted by Gasteiger charge is -2.16. The van der Waals surface area contributed by atoms with Crippen LogP contribution in [-0.4, -0.2) is 29.8 Å². The molecule has 0 saturated heterocycles. The molecule has 0 bridgehead atoms. The Labute approximate surface area is 183 Å². The van der Waals surface area contributed by atoms with Crippen molar-refractivity contribution >= 4 is 50.4 Å². The van der Waals surface area contributed by atoms with Gasteiger partial charge in [-0.05, 0) is 56.2 Å². The first-order valence-electron chi connectivity index (χ1n) is 9.45. The predicted molar refractivity (Wildman–Crippen MR) is 122 cm³/mol. The molecule has 0 aliphatic rings. The molecular weight excluding hydrogens is 424 g/mol. The summed E-state index contributed by atoms with van der Waals surface area (Å²) in [7, 11) is 0. The van der Waals surface area contributed by atoms with Crippen LogP contribution in [0.3, 0.4) is 0 Å². The Morgan fingerprint density at radius 2 is 2.17 bits per heavy atom. The van der Waals surface area contributed by atoms with Crippen LogP contribution in [0.2, 0.25) is 5.02 Å². The first-order valence-corrected chi connectivity index (χ1v) is 10.6. The molecule has 0 atom stereocenters. The van der Waals surface area contributed by atoms with E-state index < -0.39 is 0 Å². The van der Waals surface area contributed by atoms with Gasteiger partial charge in [-0.2, -0.15) is 5.10 Å². The van der Waals surface area contributed by atoms with E-state index >= 15 is 0 Å². The molecule has 1 heterocycles. The van der Waals surface area contributed by atoms with Crippen LogP contribution in [0.15, 0.2) is 35.4 Å². The number of carbonyl (C=O) groups is 1. The molecule has 3 N–H and O–H groups in total. The van der Waals surface area contributed by atoms with Crippen LogP contribution in [0.4, 0.5) is 5.13 Å². The average molecular weight is 447 g/mol. The van der Waals surface area contributed by atoms with Crippen molar-refractivity contribution in [1.82, 2.24) is 10.4 Å². The normalized spacial score (nSPS) is 11.4. The lowest BCUT2D eigenvalue weighted by molar-refractivity contribution is -0.120. The number of hydrogen-bond donors (Lipinski definition) is 2. The molecule has 0 unspecified atom stereocenters. The Morgan fingerprint density at radius 3 is 2.90 bits per heavy atom. The molecule has 0 aliphatic carbocycles. The SMILES string of the molecule is CCOc1cc(/C=N\NC(=O)Cc2ccc3nc(N)sc3c2)cc(Cl)c1OC(C)C. The Balaban J connectivity index is 1.66. The molecular formula is C21H23ClN4O3S. The van der Waals surface area contributed by atoms with Crippen molar-refractivity contribution in [3.05, 3.63) is 46.5 Å². The summed E-state index contributed by atoms with van der Waals surface area (Å²) in [5, 5.41) is 4.95. The Kier molecular flexibility index (Phi) is 7.12. The van der Waals surface area contributed by atoms with Gasteiger partial charge in [0.25, 0.3) is 0 Å². The van der Waals surface area contributed by atoms with E-state index in [-0.39, 0.29) is 18.4 Å². The molecule has 1 aromatic heterocycles. The van der Waals surface area contributed by atoms with E-state index in [4.69, 9.17) is 26.8 Å². The second-order valence-electron chi connectivity index (χ2n) is 6.75. The van der Waals surface area contributed by atoms with Gasteiger partial charge in [-0.25, -0.2) is 10.4 Å². The largest absolute Gasteiger partial charge is 0.490 e. The summed E-state index contributed by atoms with van der Waals surface area (Å²) in [5.41, 5.74) is 10.6. The quantitative estimate of drug-likeness (QED) is 0.394. The van der Waals surface area contributed by atoms with Crippen molar-refractivity contribution in [1.29, 1.82) is 0 Å². The smallest absolute Gasteiger partial charge is 0.244 e. The number of aromatic nitrogens is 1. The average Bonchev–Trinajstić information content (AvgIpc) is 3.04. The van der Waals surface area contributed by atoms with Gasteiger partial charge in [-0.3, -0.25) is 4.79 Å². The van der Waals surface area contributed by atoms with E-state index in [0.717, 1.165) is 15.8 Å². The predicted octanol–water partition coefficient (Wildman–Crippen LogP) is 4.41. The van der Waals surface area contributed by atoms with Crippen LogP contribution in [0, 0.1) is 0 Å². The number of nitrogens with one attached hydrogen (secondary N) is 1. The summed E-state index contributed by atoms with van der Waals surface area (Å²) in [6, 6.07) is 9.09. The van der Waals surface area contributed by atoms with Crippen LogP contribution in [0.25, 0.3) is 10.2 Å². The number of hydrazone groups is 1. The van der Waals surface area contributed by atoms with Gasteiger partial charge in [-0.1, -0.05) is 29.0 Å². The minimum absolute atomic E-state index is 0.0406. The molecule has 30 heavy (non-hydrogen) atoms. The fourth-order valence-electron chi connectivity index (χ4n) is 2.78. The first kappa shape index (κ1) is 21.9. The van der Waals surface area contributed by atoms with Crippen LogP contribution >= 0.6 is 22.9 Å². The maximum absolute atomic E-state index is 12.2. The number of fused-ring (bicyclic) bond motifs is 1. The van der Waals surface area contributed by atoms with Crippen LogP contribution < -0.4 is 20.6 Å². The third kappa shape index (κ3) is 5.61. The molecule has 0 spiro atoms. The van der Waals surface area contributed by atoms with E-state index in [0.29, 0.717) is 33.8 Å². The number of rotatable bonds is 8. The fraction of sp³-hybridized carbons (Fsp3) is 0.286. The van der Waals surface area contributed by atoms with Crippen molar-refractivity contribution in [2.45, 2.75) is 33.3 Å². The van der Waals surface area contributed by atoms with Crippen LogP contribution in [0.1, 0.15) is 31.9 Å². The monoisotopic (exact) mass is 446 g/mol. The molecule has 3 rings (SSSR count). The van der Waals surface area contributed by atoms with Crippen LogP contribution in [-0.2, 0) is 11.2 Å². The Bertz CT molecular complexity index is 1080. The third-order valence-electron chi connectivity index (χ3n) is 3.92. The number of ether oxygens (including phenoxy) is 2. The second-order valence-corrected chi connectivity index (χ2v) is 8.22.